The molecule has 4 aromatic rings. The number of imidazole rings is 1. The number of carboxylic acid groups (broad SMARTS) is 1. The monoisotopic (exact) mass is 390 g/mol. The molecule has 0 radical (unpaired) electrons. The van der Waals surface area contributed by atoms with Gasteiger partial charge in [0.1, 0.15) is 12.0 Å². The summed E-state index contributed by atoms with van der Waals surface area (Å²) in [6.07, 6.45) is 1.73. The second-order valence-corrected chi connectivity index (χ2v) is 7.35. The number of fused-ring (bicyclic) bond motifs is 3. The van der Waals surface area contributed by atoms with Gasteiger partial charge in [0.25, 0.3) is 5.56 Å². The molecule has 0 saturated heterocycles. The van der Waals surface area contributed by atoms with Gasteiger partial charge < -0.3 is 10.4 Å². The maximum atomic E-state index is 13.0. The average molecular weight is 390 g/mol. The number of benzene rings is 2. The van der Waals surface area contributed by atoms with Crippen molar-refractivity contribution in [2.45, 2.75) is 26.8 Å². The third kappa shape index (κ3) is 2.95. The average Bonchev–Trinajstić information content (AvgIpc) is 3.07. The third-order valence-electron chi connectivity index (χ3n) is 5.29. The lowest BCUT2D eigenvalue weighted by atomic mass is 10.00. The van der Waals surface area contributed by atoms with Crippen molar-refractivity contribution >= 4 is 28.2 Å². The number of carboxylic acids is 1. The lowest BCUT2D eigenvalue weighted by Gasteiger charge is -2.21. The summed E-state index contributed by atoms with van der Waals surface area (Å²) in [5, 5.41) is 13.4. The molecule has 0 bridgehead atoms. The van der Waals surface area contributed by atoms with E-state index in [1.165, 1.54) is 0 Å². The number of hydrogen-bond acceptors (Lipinski definition) is 4. The third-order valence-corrected chi connectivity index (χ3v) is 5.29. The second-order valence-electron chi connectivity index (χ2n) is 7.35. The molecule has 0 aliphatic carbocycles. The minimum atomic E-state index is -0.990. The van der Waals surface area contributed by atoms with Crippen LogP contribution in [0, 0.1) is 13.8 Å². The molecule has 7 heteroatoms. The van der Waals surface area contributed by atoms with Crippen LogP contribution >= 0.6 is 0 Å². The van der Waals surface area contributed by atoms with Crippen LogP contribution in [0.1, 0.15) is 40.1 Å². The highest BCUT2D eigenvalue weighted by molar-refractivity contribution is 5.94. The Morgan fingerprint density at radius 3 is 2.66 bits per heavy atom. The number of nitrogens with zero attached hydrogens (tertiary/aromatic N) is 3. The highest BCUT2D eigenvalue weighted by Gasteiger charge is 2.19. The first-order valence-corrected chi connectivity index (χ1v) is 9.35. The first-order valence-electron chi connectivity index (χ1n) is 9.35. The van der Waals surface area contributed by atoms with Gasteiger partial charge in [0.2, 0.25) is 0 Å². The number of para-hydroxylation sites is 1. The molecule has 0 aliphatic rings. The fraction of sp³-hybridized carbons (Fsp3) is 0.227. The Kier molecular flexibility index (Phi) is 4.38. The molecule has 2 aromatic heterocycles. The lowest BCUT2D eigenvalue weighted by molar-refractivity contribution is 0.0698. The van der Waals surface area contributed by atoms with Gasteiger partial charge in [-0.2, -0.15) is 0 Å². The number of aromatic nitrogens is 3. The Bertz CT molecular complexity index is 1330. The van der Waals surface area contributed by atoms with E-state index < -0.39 is 5.97 Å². The van der Waals surface area contributed by atoms with Crippen molar-refractivity contribution in [1.82, 2.24) is 14.0 Å². The van der Waals surface area contributed by atoms with Crippen LogP contribution in [-0.4, -0.2) is 25.0 Å². The molecule has 4 rings (SSSR count). The Hall–Kier alpha value is -3.61. The largest absolute Gasteiger partial charge is 0.478 e. The molecule has 29 heavy (non-hydrogen) atoms. The van der Waals surface area contributed by atoms with Crippen LogP contribution in [0.4, 0.5) is 5.69 Å². The predicted molar refractivity (Wildman–Crippen MR) is 113 cm³/mol. The molecule has 1 unspecified atom stereocenters. The van der Waals surface area contributed by atoms with E-state index in [-0.39, 0.29) is 17.2 Å². The molecule has 0 saturated carbocycles. The van der Waals surface area contributed by atoms with Gasteiger partial charge in [-0.05, 0) is 50.1 Å². The van der Waals surface area contributed by atoms with Gasteiger partial charge in [-0.25, -0.2) is 9.78 Å². The molecule has 0 aliphatic heterocycles. The molecule has 0 amide bonds. The molecule has 2 N–H and O–H groups in total. The van der Waals surface area contributed by atoms with Crippen molar-refractivity contribution in [3.8, 4) is 0 Å². The topological polar surface area (TPSA) is 88.6 Å². The highest BCUT2D eigenvalue weighted by Crippen LogP contribution is 2.29. The van der Waals surface area contributed by atoms with E-state index in [1.54, 1.807) is 42.2 Å². The molecule has 148 valence electrons. The summed E-state index contributed by atoms with van der Waals surface area (Å²) in [5.41, 5.74) is 4.81. The molecule has 0 fully saturated rings. The lowest BCUT2D eigenvalue weighted by Crippen LogP contribution is -2.21. The minimum absolute atomic E-state index is 0.0841. The van der Waals surface area contributed by atoms with Crippen molar-refractivity contribution in [1.29, 1.82) is 0 Å². The first kappa shape index (κ1) is 18.7. The molecular weight excluding hydrogens is 368 g/mol. The van der Waals surface area contributed by atoms with Crippen LogP contribution in [-0.2, 0) is 7.05 Å². The van der Waals surface area contributed by atoms with Crippen molar-refractivity contribution in [3.05, 3.63) is 75.5 Å². The Labute approximate surface area is 167 Å². The standard InChI is InChI=1S/C22H22N4O3/c1-12-9-16(13(2)24-18-8-6-5-7-15(18)22(28)29)19-17(10-12)21(27)25(4)20-14(3)23-11-26(19)20/h5-11,13,24H,1-4H3,(H,28,29). The fourth-order valence-electron chi connectivity index (χ4n) is 3.95. The van der Waals surface area contributed by atoms with E-state index in [4.69, 9.17) is 0 Å². The highest BCUT2D eigenvalue weighted by atomic mass is 16.4. The van der Waals surface area contributed by atoms with Crippen LogP contribution in [0.5, 0.6) is 0 Å². The minimum Gasteiger partial charge on any atom is -0.478 e. The molecule has 2 heterocycles. The summed E-state index contributed by atoms with van der Waals surface area (Å²) in [5.74, 6) is -0.990. The van der Waals surface area contributed by atoms with Crippen molar-refractivity contribution < 1.29 is 9.90 Å². The quantitative estimate of drug-likeness (QED) is 0.555. The SMILES string of the molecule is Cc1cc(C(C)Nc2ccccc2C(=O)O)c2c(c1)c(=O)n(C)c1c(C)ncn21. The van der Waals surface area contributed by atoms with Gasteiger partial charge in [-0.1, -0.05) is 18.2 Å². The van der Waals surface area contributed by atoms with Gasteiger partial charge in [-0.3, -0.25) is 13.8 Å². The van der Waals surface area contributed by atoms with Crippen molar-refractivity contribution in [2.24, 2.45) is 7.05 Å². The summed E-state index contributed by atoms with van der Waals surface area (Å²) < 4.78 is 3.55. The summed E-state index contributed by atoms with van der Waals surface area (Å²) in [6.45, 7) is 5.78. The van der Waals surface area contributed by atoms with Crippen LogP contribution in [0.3, 0.4) is 0 Å². The number of nitrogens with one attached hydrogen (secondary N) is 1. The number of rotatable bonds is 4. The maximum Gasteiger partial charge on any atom is 0.337 e. The Morgan fingerprint density at radius 2 is 1.93 bits per heavy atom. The van der Waals surface area contributed by atoms with Crippen LogP contribution < -0.4 is 10.9 Å². The zero-order chi connectivity index (χ0) is 20.9. The number of anilines is 1. The van der Waals surface area contributed by atoms with Gasteiger partial charge in [-0.15, -0.1) is 0 Å². The molecule has 0 spiro atoms. The fourth-order valence-corrected chi connectivity index (χ4v) is 3.95. The van der Waals surface area contributed by atoms with Crippen LogP contribution in [0.25, 0.3) is 16.6 Å². The van der Waals surface area contributed by atoms with E-state index in [1.807, 2.05) is 37.3 Å². The summed E-state index contributed by atoms with van der Waals surface area (Å²) in [4.78, 5) is 29.0. The first-order chi connectivity index (χ1) is 13.8. The number of hydrogen-bond donors (Lipinski definition) is 2. The Balaban J connectivity index is 1.97. The van der Waals surface area contributed by atoms with E-state index >= 15 is 0 Å². The van der Waals surface area contributed by atoms with E-state index in [0.717, 1.165) is 28.0 Å². The van der Waals surface area contributed by atoms with E-state index in [9.17, 15) is 14.7 Å². The van der Waals surface area contributed by atoms with Crippen LogP contribution in [0.15, 0.2) is 47.5 Å². The maximum absolute atomic E-state index is 13.0. The summed E-state index contributed by atoms with van der Waals surface area (Å²) in [7, 11) is 1.75. The molecule has 2 aromatic carbocycles. The van der Waals surface area contributed by atoms with Gasteiger partial charge in [0, 0.05) is 12.7 Å². The predicted octanol–water partition coefficient (Wildman–Crippen LogP) is 3.67. The normalized spacial score (nSPS) is 12.4. The van der Waals surface area contributed by atoms with E-state index in [0.29, 0.717) is 11.1 Å². The van der Waals surface area contributed by atoms with Crippen LogP contribution in [0.2, 0.25) is 0 Å². The van der Waals surface area contributed by atoms with Gasteiger partial charge in [0.05, 0.1) is 28.2 Å². The zero-order valence-corrected chi connectivity index (χ0v) is 16.7. The Morgan fingerprint density at radius 1 is 1.21 bits per heavy atom. The van der Waals surface area contributed by atoms with E-state index in [2.05, 4.69) is 10.3 Å². The summed E-state index contributed by atoms with van der Waals surface area (Å²) in [6, 6.07) is 10.5. The molecular formula is C22H22N4O3. The number of aryl methyl sites for hydroxylation is 3. The van der Waals surface area contributed by atoms with Gasteiger partial charge >= 0.3 is 5.97 Å². The van der Waals surface area contributed by atoms with Crippen molar-refractivity contribution in [3.63, 3.8) is 0 Å². The molecule has 1 atom stereocenters. The smallest absolute Gasteiger partial charge is 0.337 e. The summed E-state index contributed by atoms with van der Waals surface area (Å²) >= 11 is 0. The zero-order valence-electron chi connectivity index (χ0n) is 16.7. The number of carbonyl (C=O) groups is 1. The van der Waals surface area contributed by atoms with Gasteiger partial charge in [0.15, 0.2) is 0 Å². The second kappa shape index (κ2) is 6.77. The molecule has 7 nitrogen and oxygen atoms in total. The van der Waals surface area contributed by atoms with Crippen molar-refractivity contribution in [2.75, 3.05) is 5.32 Å². The number of aromatic carboxylic acids is 1.